The molecule has 0 radical (unpaired) electrons. The Morgan fingerprint density at radius 1 is 1.30 bits per heavy atom. The Morgan fingerprint density at radius 2 is 2.10 bits per heavy atom. The lowest BCUT2D eigenvalue weighted by atomic mass is 9.94. The van der Waals surface area contributed by atoms with Gasteiger partial charge in [0.1, 0.15) is 17.2 Å². The summed E-state index contributed by atoms with van der Waals surface area (Å²) in [5, 5.41) is 14.0. The molecule has 4 rings (SSSR count). The van der Waals surface area contributed by atoms with Crippen LogP contribution in [0.5, 0.6) is 0 Å². The first kappa shape index (κ1) is 20.8. The van der Waals surface area contributed by atoms with E-state index in [4.69, 9.17) is 4.74 Å². The third-order valence-electron chi connectivity index (χ3n) is 5.47. The Kier molecular flexibility index (Phi) is 5.53. The first-order valence-electron chi connectivity index (χ1n) is 10.00. The Bertz CT molecular complexity index is 1050. The van der Waals surface area contributed by atoms with Crippen molar-refractivity contribution in [3.05, 3.63) is 63.3 Å². The third kappa shape index (κ3) is 3.80. The molecule has 3 heterocycles. The summed E-state index contributed by atoms with van der Waals surface area (Å²) in [5.41, 5.74) is 3.02. The maximum absolute atomic E-state index is 13.5. The summed E-state index contributed by atoms with van der Waals surface area (Å²) >= 11 is 1.67. The molecule has 2 aliphatic rings. The predicted octanol–water partition coefficient (Wildman–Crippen LogP) is 4.26. The van der Waals surface area contributed by atoms with E-state index >= 15 is 0 Å². The quantitative estimate of drug-likeness (QED) is 0.675. The fourth-order valence-corrected chi connectivity index (χ4v) is 4.85. The van der Waals surface area contributed by atoms with E-state index < -0.39 is 11.4 Å². The average molecular weight is 429 g/mol. The van der Waals surface area contributed by atoms with Crippen LogP contribution in [0.3, 0.4) is 0 Å². The highest BCUT2D eigenvalue weighted by Gasteiger charge is 2.38. The van der Waals surface area contributed by atoms with Crippen molar-refractivity contribution in [2.45, 2.75) is 32.9 Å². The van der Waals surface area contributed by atoms with Gasteiger partial charge < -0.3 is 15.2 Å². The highest BCUT2D eigenvalue weighted by atomic mass is 32.1. The number of fused-ring (bicyclic) bond motifs is 1. The number of carbonyl (C=O) groups is 1. The van der Waals surface area contributed by atoms with Gasteiger partial charge in [-0.15, -0.1) is 11.3 Å². The highest BCUT2D eigenvalue weighted by molar-refractivity contribution is 7.10. The Morgan fingerprint density at radius 3 is 2.83 bits per heavy atom. The van der Waals surface area contributed by atoms with Crippen LogP contribution in [0, 0.1) is 5.82 Å². The van der Waals surface area contributed by atoms with Crippen molar-refractivity contribution in [3.8, 4) is 0 Å². The zero-order valence-electron chi connectivity index (χ0n) is 17.3. The number of rotatable bonds is 6. The van der Waals surface area contributed by atoms with Gasteiger partial charge in [-0.25, -0.2) is 4.39 Å². The molecule has 158 valence electrons. The summed E-state index contributed by atoms with van der Waals surface area (Å²) in [6.07, 6.45) is 1.92. The SMILES string of the molecule is CCN(CCO)Cc1cc(C2=CC(=C3C(=O)Nc4cc(F)ccc43)OC2(C)C)cs1. The molecule has 1 amide bonds. The van der Waals surface area contributed by atoms with Crippen molar-refractivity contribution >= 4 is 34.1 Å². The summed E-state index contributed by atoms with van der Waals surface area (Å²) in [6, 6.07) is 6.42. The van der Waals surface area contributed by atoms with Crippen LogP contribution in [0.1, 0.15) is 36.8 Å². The van der Waals surface area contributed by atoms with Crippen molar-refractivity contribution in [1.82, 2.24) is 4.90 Å². The molecule has 1 aromatic carbocycles. The predicted molar refractivity (Wildman–Crippen MR) is 117 cm³/mol. The van der Waals surface area contributed by atoms with Crippen LogP contribution in [0.15, 0.2) is 41.5 Å². The fourth-order valence-electron chi connectivity index (χ4n) is 3.92. The third-order valence-corrected chi connectivity index (χ3v) is 6.39. The number of nitrogens with zero attached hydrogens (tertiary/aromatic N) is 1. The number of likely N-dealkylation sites (N-methyl/N-ethyl adjacent to an activating group) is 1. The van der Waals surface area contributed by atoms with Gasteiger partial charge in [0.15, 0.2) is 0 Å². The normalized spacial score (nSPS) is 19.7. The number of nitrogens with one attached hydrogen (secondary N) is 1. The average Bonchev–Trinajstić information content (AvgIpc) is 3.35. The molecule has 30 heavy (non-hydrogen) atoms. The van der Waals surface area contributed by atoms with Gasteiger partial charge in [-0.05, 0) is 61.7 Å². The minimum Gasteiger partial charge on any atom is -0.482 e. The van der Waals surface area contributed by atoms with Crippen LogP contribution in [-0.2, 0) is 16.1 Å². The van der Waals surface area contributed by atoms with Crippen LogP contribution < -0.4 is 5.32 Å². The van der Waals surface area contributed by atoms with Gasteiger partial charge in [0.2, 0.25) is 0 Å². The van der Waals surface area contributed by atoms with Gasteiger partial charge in [-0.2, -0.15) is 0 Å². The maximum Gasteiger partial charge on any atom is 0.260 e. The van der Waals surface area contributed by atoms with Crippen molar-refractivity contribution in [3.63, 3.8) is 0 Å². The van der Waals surface area contributed by atoms with Crippen molar-refractivity contribution in [1.29, 1.82) is 0 Å². The first-order chi connectivity index (χ1) is 14.3. The summed E-state index contributed by atoms with van der Waals surface area (Å²) in [6.45, 7) is 8.48. The topological polar surface area (TPSA) is 61.8 Å². The lowest BCUT2D eigenvalue weighted by Gasteiger charge is -2.23. The van der Waals surface area contributed by atoms with Crippen LogP contribution >= 0.6 is 11.3 Å². The molecule has 2 aromatic rings. The van der Waals surface area contributed by atoms with Crippen LogP contribution in [0.2, 0.25) is 0 Å². The Hall–Kier alpha value is -2.48. The standard InChI is InChI=1S/C23H25FN2O3S/c1-4-26(7-8-27)12-16-9-14(13-30-16)18-11-20(29-23(18,2)3)21-17-6-5-15(24)10-19(17)25-22(21)28/h5-6,9-11,13,27H,4,7-8,12H2,1-3H3,(H,25,28). The van der Waals surface area contributed by atoms with Gasteiger partial charge >= 0.3 is 0 Å². The number of carbonyl (C=O) groups excluding carboxylic acids is 1. The minimum atomic E-state index is -0.598. The monoisotopic (exact) mass is 428 g/mol. The number of hydrogen-bond donors (Lipinski definition) is 2. The van der Waals surface area contributed by atoms with E-state index in [1.807, 2.05) is 19.9 Å². The van der Waals surface area contributed by atoms with Gasteiger partial charge in [0, 0.05) is 29.1 Å². The molecule has 0 saturated carbocycles. The van der Waals surface area contributed by atoms with E-state index in [1.54, 1.807) is 17.4 Å². The first-order valence-corrected chi connectivity index (χ1v) is 10.9. The second-order valence-corrected chi connectivity index (χ2v) is 8.94. The second kappa shape index (κ2) is 7.98. The van der Waals surface area contributed by atoms with E-state index in [9.17, 15) is 14.3 Å². The largest absolute Gasteiger partial charge is 0.482 e. The summed E-state index contributed by atoms with van der Waals surface area (Å²) in [4.78, 5) is 16.0. The molecule has 0 fully saturated rings. The Balaban J connectivity index is 1.68. The molecular formula is C23H25FN2O3S. The molecule has 5 nitrogen and oxygen atoms in total. The molecule has 0 saturated heterocycles. The number of aliphatic hydroxyl groups excluding tert-OH is 1. The minimum absolute atomic E-state index is 0.141. The van der Waals surface area contributed by atoms with Gasteiger partial charge in [0.25, 0.3) is 5.91 Å². The van der Waals surface area contributed by atoms with Crippen LogP contribution in [-0.4, -0.2) is 41.2 Å². The zero-order chi connectivity index (χ0) is 21.5. The lowest BCUT2D eigenvalue weighted by molar-refractivity contribution is -0.111. The molecule has 0 unspecified atom stereocenters. The molecule has 0 atom stereocenters. The smallest absolute Gasteiger partial charge is 0.260 e. The van der Waals surface area contributed by atoms with Crippen LogP contribution in [0.4, 0.5) is 10.1 Å². The summed E-state index contributed by atoms with van der Waals surface area (Å²) in [5.74, 6) is -0.175. The summed E-state index contributed by atoms with van der Waals surface area (Å²) < 4.78 is 19.7. The maximum atomic E-state index is 13.5. The fraction of sp³-hybridized carbons (Fsp3) is 0.348. The van der Waals surface area contributed by atoms with Crippen molar-refractivity contribution in [2.24, 2.45) is 0 Å². The number of thiophene rings is 1. The highest BCUT2D eigenvalue weighted by Crippen LogP contribution is 2.45. The number of ether oxygens (including phenoxy) is 1. The summed E-state index contributed by atoms with van der Waals surface area (Å²) in [7, 11) is 0. The zero-order valence-corrected chi connectivity index (χ0v) is 18.1. The number of hydrogen-bond acceptors (Lipinski definition) is 5. The molecule has 2 N–H and O–H groups in total. The number of amides is 1. The van der Waals surface area contributed by atoms with Crippen molar-refractivity contribution in [2.75, 3.05) is 25.0 Å². The molecule has 1 aromatic heterocycles. The lowest BCUT2D eigenvalue weighted by Crippen LogP contribution is -2.25. The molecule has 7 heteroatoms. The number of anilines is 1. The molecule has 0 bridgehead atoms. The van der Waals surface area contributed by atoms with Gasteiger partial charge in [-0.3, -0.25) is 9.69 Å². The number of halogens is 1. The Labute approximate surface area is 179 Å². The van der Waals surface area contributed by atoms with Gasteiger partial charge in [-0.1, -0.05) is 6.92 Å². The van der Waals surface area contributed by atoms with E-state index in [2.05, 4.69) is 28.6 Å². The van der Waals surface area contributed by atoms with Crippen LogP contribution in [0.25, 0.3) is 11.1 Å². The van der Waals surface area contributed by atoms with E-state index in [0.717, 1.165) is 24.2 Å². The number of benzene rings is 1. The number of allylic oxidation sites excluding steroid dienone is 1. The van der Waals surface area contributed by atoms with E-state index in [-0.39, 0.29) is 12.5 Å². The number of aliphatic hydroxyl groups is 1. The molecule has 0 spiro atoms. The van der Waals surface area contributed by atoms with E-state index in [1.165, 1.54) is 17.0 Å². The molecule has 2 aliphatic heterocycles. The molecular weight excluding hydrogens is 403 g/mol. The second-order valence-electron chi connectivity index (χ2n) is 7.95. The molecule has 0 aliphatic carbocycles. The van der Waals surface area contributed by atoms with Gasteiger partial charge in [0.05, 0.1) is 17.9 Å². The van der Waals surface area contributed by atoms with Crippen molar-refractivity contribution < 1.29 is 19.0 Å². The van der Waals surface area contributed by atoms with E-state index in [0.29, 0.717) is 29.1 Å².